The summed E-state index contributed by atoms with van der Waals surface area (Å²) >= 11 is 3.36. The van der Waals surface area contributed by atoms with Crippen molar-refractivity contribution < 1.29 is 4.79 Å². The molecule has 0 bridgehead atoms. The van der Waals surface area contributed by atoms with Crippen LogP contribution in [-0.2, 0) is 0 Å². The van der Waals surface area contributed by atoms with Gasteiger partial charge in [0.05, 0.1) is 0 Å². The van der Waals surface area contributed by atoms with Crippen molar-refractivity contribution in [1.82, 2.24) is 5.32 Å². The van der Waals surface area contributed by atoms with Crippen molar-refractivity contribution in [3.63, 3.8) is 0 Å². The van der Waals surface area contributed by atoms with Crippen LogP contribution in [0.2, 0.25) is 0 Å². The third-order valence-electron chi connectivity index (χ3n) is 1.98. The normalized spacial score (nSPS) is 9.38. The van der Waals surface area contributed by atoms with Gasteiger partial charge in [0.1, 0.15) is 0 Å². The molecule has 0 fully saturated rings. The molecular formula is C10H11BrN4O. The number of nitrogens with one attached hydrogen (secondary N) is 1. The lowest BCUT2D eigenvalue weighted by atomic mass is 10.1. The number of nitrogens with zero attached hydrogens (tertiary/aromatic N) is 3. The van der Waals surface area contributed by atoms with Gasteiger partial charge in [-0.2, -0.15) is 0 Å². The maximum Gasteiger partial charge on any atom is 0.251 e. The Kier molecular flexibility index (Phi) is 4.82. The maximum atomic E-state index is 11.6. The van der Waals surface area contributed by atoms with Crippen LogP contribution >= 0.6 is 15.9 Å². The summed E-state index contributed by atoms with van der Waals surface area (Å²) in [6.45, 7) is 2.52. The SMILES string of the molecule is Cc1cc(C(=O)NCCN=[N+]=[N-])ccc1Br. The van der Waals surface area contributed by atoms with Gasteiger partial charge < -0.3 is 5.32 Å². The molecule has 5 nitrogen and oxygen atoms in total. The predicted octanol–water partition coefficient (Wildman–Crippen LogP) is 2.80. The summed E-state index contributed by atoms with van der Waals surface area (Å²) in [5.41, 5.74) is 9.66. The lowest BCUT2D eigenvalue weighted by Crippen LogP contribution is -2.25. The summed E-state index contributed by atoms with van der Waals surface area (Å²) in [5.74, 6) is -0.163. The molecule has 1 aromatic carbocycles. The van der Waals surface area contributed by atoms with Gasteiger partial charge in [-0.05, 0) is 36.2 Å². The predicted molar refractivity (Wildman–Crippen MR) is 65.2 cm³/mol. The fraction of sp³-hybridized carbons (Fsp3) is 0.300. The number of amides is 1. The zero-order valence-corrected chi connectivity index (χ0v) is 10.4. The van der Waals surface area contributed by atoms with E-state index in [1.807, 2.05) is 13.0 Å². The second-order valence-electron chi connectivity index (χ2n) is 3.17. The lowest BCUT2D eigenvalue weighted by Gasteiger charge is -2.05. The summed E-state index contributed by atoms with van der Waals surface area (Å²) in [6, 6.07) is 5.37. The van der Waals surface area contributed by atoms with Crippen LogP contribution in [0.1, 0.15) is 15.9 Å². The van der Waals surface area contributed by atoms with E-state index in [1.54, 1.807) is 12.1 Å². The third kappa shape index (κ3) is 3.56. The quantitative estimate of drug-likeness (QED) is 0.392. The second-order valence-corrected chi connectivity index (χ2v) is 4.03. The van der Waals surface area contributed by atoms with Gasteiger partial charge in [-0.25, -0.2) is 0 Å². The zero-order chi connectivity index (χ0) is 12.0. The van der Waals surface area contributed by atoms with Gasteiger partial charge in [-0.3, -0.25) is 4.79 Å². The Hall–Kier alpha value is -1.52. The number of carbonyl (C=O) groups excluding carboxylic acids is 1. The molecule has 1 rings (SSSR count). The van der Waals surface area contributed by atoms with Crippen LogP contribution < -0.4 is 5.32 Å². The molecule has 0 atom stereocenters. The van der Waals surface area contributed by atoms with Gasteiger partial charge in [0.2, 0.25) is 0 Å². The molecule has 0 saturated heterocycles. The zero-order valence-electron chi connectivity index (χ0n) is 8.77. The van der Waals surface area contributed by atoms with Gasteiger partial charge in [0.15, 0.2) is 0 Å². The first-order valence-corrected chi connectivity index (χ1v) is 5.49. The number of hydrogen-bond donors (Lipinski definition) is 1. The first-order valence-electron chi connectivity index (χ1n) is 4.70. The third-order valence-corrected chi connectivity index (χ3v) is 2.87. The maximum absolute atomic E-state index is 11.6. The molecule has 84 valence electrons. The minimum Gasteiger partial charge on any atom is -0.352 e. The van der Waals surface area contributed by atoms with E-state index < -0.39 is 0 Å². The number of carbonyl (C=O) groups is 1. The van der Waals surface area contributed by atoms with Gasteiger partial charge in [0.25, 0.3) is 5.91 Å². The van der Waals surface area contributed by atoms with Crippen LogP contribution in [0, 0.1) is 6.92 Å². The van der Waals surface area contributed by atoms with Crippen molar-refractivity contribution in [3.8, 4) is 0 Å². The average Bonchev–Trinajstić information content (AvgIpc) is 2.28. The highest BCUT2D eigenvalue weighted by Gasteiger charge is 2.05. The lowest BCUT2D eigenvalue weighted by molar-refractivity contribution is 0.0954. The Morgan fingerprint density at radius 1 is 1.62 bits per heavy atom. The van der Waals surface area contributed by atoms with E-state index in [1.165, 1.54) is 0 Å². The van der Waals surface area contributed by atoms with E-state index in [0.29, 0.717) is 12.1 Å². The highest BCUT2D eigenvalue weighted by atomic mass is 79.9. The Morgan fingerprint density at radius 2 is 2.38 bits per heavy atom. The number of aryl methyl sites for hydroxylation is 1. The molecule has 0 aliphatic heterocycles. The van der Waals surface area contributed by atoms with E-state index >= 15 is 0 Å². The van der Waals surface area contributed by atoms with Crippen molar-refractivity contribution in [2.24, 2.45) is 5.11 Å². The van der Waals surface area contributed by atoms with E-state index in [4.69, 9.17) is 5.53 Å². The second kappa shape index (κ2) is 6.15. The molecule has 0 spiro atoms. The largest absolute Gasteiger partial charge is 0.352 e. The van der Waals surface area contributed by atoms with Crippen LogP contribution in [0.4, 0.5) is 0 Å². The van der Waals surface area contributed by atoms with Crippen LogP contribution in [-0.4, -0.2) is 19.0 Å². The molecular weight excluding hydrogens is 272 g/mol. The standard InChI is InChI=1S/C10H11BrN4O/c1-7-6-8(2-3-9(7)11)10(16)13-4-5-14-15-12/h2-3,6H,4-5H2,1H3,(H,13,16). The molecule has 0 radical (unpaired) electrons. The number of benzene rings is 1. The molecule has 0 unspecified atom stereocenters. The van der Waals surface area contributed by atoms with Crippen molar-refractivity contribution in [1.29, 1.82) is 0 Å². The van der Waals surface area contributed by atoms with Crippen molar-refractivity contribution in [2.75, 3.05) is 13.1 Å². The Balaban J connectivity index is 2.59. The molecule has 16 heavy (non-hydrogen) atoms. The first-order chi connectivity index (χ1) is 7.65. The van der Waals surface area contributed by atoms with Crippen LogP contribution in [0.15, 0.2) is 27.8 Å². The molecule has 1 aromatic rings. The summed E-state index contributed by atoms with van der Waals surface area (Å²) in [5, 5.41) is 5.99. The minimum atomic E-state index is -0.163. The summed E-state index contributed by atoms with van der Waals surface area (Å²) in [7, 11) is 0. The Bertz CT molecular complexity index is 440. The molecule has 0 saturated carbocycles. The smallest absolute Gasteiger partial charge is 0.251 e. The van der Waals surface area contributed by atoms with E-state index in [-0.39, 0.29) is 12.5 Å². The number of hydrogen-bond acceptors (Lipinski definition) is 2. The molecule has 6 heteroatoms. The number of azide groups is 1. The topological polar surface area (TPSA) is 77.9 Å². The van der Waals surface area contributed by atoms with Crippen molar-refractivity contribution in [3.05, 3.63) is 44.2 Å². The molecule has 0 heterocycles. The van der Waals surface area contributed by atoms with E-state index in [9.17, 15) is 4.79 Å². The summed E-state index contributed by atoms with van der Waals surface area (Å²) in [6.07, 6.45) is 0. The van der Waals surface area contributed by atoms with Crippen molar-refractivity contribution in [2.45, 2.75) is 6.92 Å². The highest BCUT2D eigenvalue weighted by molar-refractivity contribution is 9.10. The highest BCUT2D eigenvalue weighted by Crippen LogP contribution is 2.16. The fourth-order valence-electron chi connectivity index (χ4n) is 1.15. The van der Waals surface area contributed by atoms with Crippen LogP contribution in [0.25, 0.3) is 10.4 Å². The van der Waals surface area contributed by atoms with Crippen molar-refractivity contribution >= 4 is 21.8 Å². The van der Waals surface area contributed by atoms with E-state index in [2.05, 4.69) is 31.3 Å². The monoisotopic (exact) mass is 282 g/mol. The Labute approximate surface area is 102 Å². The van der Waals surface area contributed by atoms with Gasteiger partial charge in [0, 0.05) is 28.0 Å². The molecule has 0 aromatic heterocycles. The Morgan fingerprint density at radius 3 is 3.00 bits per heavy atom. The van der Waals surface area contributed by atoms with Crippen LogP contribution in [0.3, 0.4) is 0 Å². The fourth-order valence-corrected chi connectivity index (χ4v) is 1.40. The van der Waals surface area contributed by atoms with Crippen LogP contribution in [0.5, 0.6) is 0 Å². The molecule has 1 N–H and O–H groups in total. The number of halogens is 1. The minimum absolute atomic E-state index is 0.163. The van der Waals surface area contributed by atoms with Gasteiger partial charge >= 0.3 is 0 Å². The summed E-state index contributed by atoms with van der Waals surface area (Å²) in [4.78, 5) is 14.2. The van der Waals surface area contributed by atoms with E-state index in [0.717, 1.165) is 10.0 Å². The van der Waals surface area contributed by atoms with Gasteiger partial charge in [-0.1, -0.05) is 21.0 Å². The molecule has 0 aliphatic carbocycles. The number of rotatable bonds is 4. The average molecular weight is 283 g/mol. The van der Waals surface area contributed by atoms with Gasteiger partial charge in [-0.15, -0.1) is 0 Å². The molecule has 1 amide bonds. The first kappa shape index (κ1) is 12.5. The molecule has 0 aliphatic rings. The summed E-state index contributed by atoms with van der Waals surface area (Å²) < 4.78 is 0.970.